The normalized spacial score (nSPS) is 11.1. The molecule has 0 aliphatic rings. The van der Waals surface area contributed by atoms with Crippen LogP contribution in [0.3, 0.4) is 0 Å². The fourth-order valence-electron chi connectivity index (χ4n) is 2.47. The molecule has 0 unspecified atom stereocenters. The summed E-state index contributed by atoms with van der Waals surface area (Å²) in [5.41, 5.74) is 3.94. The van der Waals surface area contributed by atoms with Crippen LogP contribution in [-0.4, -0.2) is 19.8 Å². The molecular weight excluding hydrogens is 335 g/mol. The van der Waals surface area contributed by atoms with Gasteiger partial charge in [0.05, 0.1) is 0 Å². The summed E-state index contributed by atoms with van der Waals surface area (Å²) in [6, 6.07) is 18.5. The Morgan fingerprint density at radius 1 is 0.920 bits per heavy atom. The van der Waals surface area contributed by atoms with Gasteiger partial charge in [-0.15, -0.1) is 10.2 Å². The second-order valence-electron chi connectivity index (χ2n) is 5.75. The molecule has 0 fully saturated rings. The Hall–Kier alpha value is -2.73. The Bertz CT molecular complexity index is 1010. The number of fused-ring (bicyclic) bond motifs is 1. The van der Waals surface area contributed by atoms with Crippen LogP contribution in [0, 0.1) is 12.7 Å². The van der Waals surface area contributed by atoms with Gasteiger partial charge in [0.2, 0.25) is 0 Å². The van der Waals surface area contributed by atoms with Gasteiger partial charge in [-0.3, -0.25) is 0 Å². The lowest BCUT2D eigenvalue weighted by Crippen LogP contribution is -1.96. The summed E-state index contributed by atoms with van der Waals surface area (Å²) in [6.45, 7) is 2.05. The van der Waals surface area contributed by atoms with E-state index in [1.807, 2.05) is 43.3 Å². The predicted molar refractivity (Wildman–Crippen MR) is 96.9 cm³/mol. The molecule has 0 aliphatic heterocycles. The van der Waals surface area contributed by atoms with Crippen molar-refractivity contribution in [3.05, 3.63) is 77.6 Å². The third kappa shape index (κ3) is 3.39. The first-order valence-electron chi connectivity index (χ1n) is 7.86. The van der Waals surface area contributed by atoms with E-state index in [0.29, 0.717) is 5.65 Å². The largest absolute Gasteiger partial charge is 0.207 e. The summed E-state index contributed by atoms with van der Waals surface area (Å²) in [6.07, 6.45) is 0. The molecule has 25 heavy (non-hydrogen) atoms. The molecule has 4 rings (SSSR count). The number of thioether (sulfide) groups is 1. The predicted octanol–water partition coefficient (Wildman–Crippen LogP) is 4.53. The van der Waals surface area contributed by atoms with Crippen molar-refractivity contribution in [3.8, 4) is 11.4 Å². The van der Waals surface area contributed by atoms with E-state index in [-0.39, 0.29) is 5.82 Å². The van der Waals surface area contributed by atoms with E-state index in [1.165, 1.54) is 17.7 Å². The van der Waals surface area contributed by atoms with Gasteiger partial charge in [0.1, 0.15) is 10.8 Å². The summed E-state index contributed by atoms with van der Waals surface area (Å²) in [4.78, 5) is 0. The van der Waals surface area contributed by atoms with Crippen molar-refractivity contribution in [3.63, 3.8) is 0 Å². The number of aryl methyl sites for hydroxylation is 1. The fourth-order valence-corrected chi connectivity index (χ4v) is 3.28. The quantitative estimate of drug-likeness (QED) is 0.507. The number of halogens is 1. The molecule has 0 amide bonds. The highest BCUT2D eigenvalue weighted by molar-refractivity contribution is 7.98. The van der Waals surface area contributed by atoms with Crippen LogP contribution in [0.4, 0.5) is 4.39 Å². The molecule has 0 aliphatic carbocycles. The first-order valence-corrected chi connectivity index (χ1v) is 8.84. The minimum absolute atomic E-state index is 0.222. The molecule has 0 saturated carbocycles. The average Bonchev–Trinajstić information content (AvgIpc) is 3.05. The second kappa shape index (κ2) is 6.64. The number of hydrogen-bond donors (Lipinski definition) is 0. The van der Waals surface area contributed by atoms with Crippen LogP contribution in [0.15, 0.2) is 65.7 Å². The molecule has 0 radical (unpaired) electrons. The van der Waals surface area contributed by atoms with Crippen LogP contribution in [0.1, 0.15) is 11.1 Å². The van der Waals surface area contributed by atoms with Crippen LogP contribution in [0.2, 0.25) is 0 Å². The third-order valence-corrected chi connectivity index (χ3v) is 4.84. The zero-order chi connectivity index (χ0) is 17.2. The Morgan fingerprint density at radius 2 is 1.68 bits per heavy atom. The van der Waals surface area contributed by atoms with Crippen LogP contribution >= 0.6 is 11.8 Å². The molecule has 0 N–H and O–H groups in total. The number of nitrogens with zero attached hydrogens (tertiary/aromatic N) is 4. The smallest absolute Gasteiger partial charge is 0.185 e. The molecule has 0 bridgehead atoms. The van der Waals surface area contributed by atoms with Crippen LogP contribution < -0.4 is 0 Å². The molecular formula is C19H15FN4S. The average molecular weight is 350 g/mol. The minimum atomic E-state index is -0.222. The van der Waals surface area contributed by atoms with Crippen molar-refractivity contribution in [2.75, 3.05) is 0 Å². The van der Waals surface area contributed by atoms with E-state index in [0.717, 1.165) is 27.7 Å². The Labute approximate surface area is 148 Å². The molecule has 2 aromatic carbocycles. The molecule has 2 aromatic heterocycles. The summed E-state index contributed by atoms with van der Waals surface area (Å²) in [5.74, 6) is 1.22. The van der Waals surface area contributed by atoms with E-state index in [4.69, 9.17) is 0 Å². The van der Waals surface area contributed by atoms with Crippen LogP contribution in [-0.2, 0) is 5.75 Å². The van der Waals surface area contributed by atoms with Gasteiger partial charge < -0.3 is 0 Å². The molecule has 6 heteroatoms. The molecule has 4 aromatic rings. The van der Waals surface area contributed by atoms with E-state index in [2.05, 4.69) is 15.3 Å². The highest BCUT2D eigenvalue weighted by atomic mass is 32.2. The van der Waals surface area contributed by atoms with Gasteiger partial charge in [-0.25, -0.2) is 4.39 Å². The first kappa shape index (κ1) is 15.8. The van der Waals surface area contributed by atoms with E-state index in [9.17, 15) is 4.39 Å². The van der Waals surface area contributed by atoms with Crippen molar-refractivity contribution in [1.29, 1.82) is 0 Å². The summed E-state index contributed by atoms with van der Waals surface area (Å²) in [7, 11) is 0. The molecule has 2 heterocycles. The Balaban J connectivity index is 1.61. The summed E-state index contributed by atoms with van der Waals surface area (Å²) in [5, 5.41) is 14.0. The monoisotopic (exact) mass is 350 g/mol. The summed E-state index contributed by atoms with van der Waals surface area (Å²) < 4.78 is 14.7. The molecule has 124 valence electrons. The minimum Gasteiger partial charge on any atom is -0.207 e. The Kier molecular flexibility index (Phi) is 4.19. The van der Waals surface area contributed by atoms with Gasteiger partial charge in [-0.05, 0) is 36.8 Å². The maximum Gasteiger partial charge on any atom is 0.185 e. The van der Waals surface area contributed by atoms with E-state index >= 15 is 0 Å². The lowest BCUT2D eigenvalue weighted by Gasteiger charge is -2.04. The highest BCUT2D eigenvalue weighted by Crippen LogP contribution is 2.23. The SMILES string of the molecule is Cc1ccc(-c2nnc3ccc(SCc4ccc(F)cc4)nn23)cc1. The first-order chi connectivity index (χ1) is 12.2. The summed E-state index contributed by atoms with van der Waals surface area (Å²) >= 11 is 1.59. The van der Waals surface area contributed by atoms with Gasteiger partial charge >= 0.3 is 0 Å². The zero-order valence-electron chi connectivity index (χ0n) is 13.6. The lowest BCUT2D eigenvalue weighted by molar-refractivity contribution is 0.627. The van der Waals surface area contributed by atoms with Gasteiger partial charge in [-0.1, -0.05) is 53.7 Å². The third-order valence-electron chi connectivity index (χ3n) is 3.85. The molecule has 0 spiro atoms. The van der Waals surface area contributed by atoms with E-state index < -0.39 is 0 Å². The molecule has 0 atom stereocenters. The van der Waals surface area contributed by atoms with E-state index in [1.54, 1.807) is 28.4 Å². The standard InChI is InChI=1S/C19H15FN4S/c1-13-2-6-15(7-3-13)19-22-21-17-10-11-18(23-24(17)19)25-12-14-4-8-16(20)9-5-14/h2-11H,12H2,1H3. The Morgan fingerprint density at radius 3 is 2.44 bits per heavy atom. The second-order valence-corrected chi connectivity index (χ2v) is 6.74. The van der Waals surface area contributed by atoms with Crippen molar-refractivity contribution < 1.29 is 4.39 Å². The number of hydrogen-bond acceptors (Lipinski definition) is 4. The maximum atomic E-state index is 13.0. The maximum absolute atomic E-state index is 13.0. The number of benzene rings is 2. The van der Waals surface area contributed by atoms with Crippen molar-refractivity contribution in [2.45, 2.75) is 17.7 Å². The highest BCUT2D eigenvalue weighted by Gasteiger charge is 2.10. The van der Waals surface area contributed by atoms with Gasteiger partial charge in [0.25, 0.3) is 0 Å². The molecule has 4 nitrogen and oxygen atoms in total. The van der Waals surface area contributed by atoms with Crippen molar-refractivity contribution in [2.24, 2.45) is 0 Å². The van der Waals surface area contributed by atoms with Crippen molar-refractivity contribution >= 4 is 17.4 Å². The van der Waals surface area contributed by atoms with Gasteiger partial charge in [-0.2, -0.15) is 9.61 Å². The van der Waals surface area contributed by atoms with Gasteiger partial charge in [0, 0.05) is 11.3 Å². The topological polar surface area (TPSA) is 43.1 Å². The van der Waals surface area contributed by atoms with Gasteiger partial charge in [0.15, 0.2) is 11.5 Å². The molecule has 0 saturated heterocycles. The van der Waals surface area contributed by atoms with Crippen molar-refractivity contribution in [1.82, 2.24) is 19.8 Å². The zero-order valence-corrected chi connectivity index (χ0v) is 14.4. The fraction of sp³-hybridized carbons (Fsp3) is 0.105. The van der Waals surface area contributed by atoms with Crippen LogP contribution in [0.5, 0.6) is 0 Å². The number of aromatic nitrogens is 4. The lowest BCUT2D eigenvalue weighted by atomic mass is 10.1. The number of rotatable bonds is 4. The van der Waals surface area contributed by atoms with Crippen LogP contribution in [0.25, 0.3) is 17.0 Å².